The van der Waals surface area contributed by atoms with Crippen molar-refractivity contribution in [2.75, 3.05) is 18.4 Å². The van der Waals surface area contributed by atoms with E-state index in [2.05, 4.69) is 15.5 Å². The molecule has 10 nitrogen and oxygen atoms in total. The minimum atomic E-state index is -3.76. The number of nitro groups is 1. The van der Waals surface area contributed by atoms with E-state index in [1.165, 1.54) is 16.4 Å². The maximum atomic E-state index is 12.8. The molecule has 11 heteroatoms. The molecule has 3 rings (SSSR count). The Morgan fingerprint density at radius 2 is 2.04 bits per heavy atom. The van der Waals surface area contributed by atoms with Gasteiger partial charge in [0.25, 0.3) is 5.69 Å². The van der Waals surface area contributed by atoms with Crippen LogP contribution in [0.25, 0.3) is 0 Å². The van der Waals surface area contributed by atoms with Crippen LogP contribution in [0.4, 0.5) is 11.4 Å². The number of piperidine rings is 1. The van der Waals surface area contributed by atoms with Gasteiger partial charge in [0.1, 0.15) is 5.69 Å². The first-order chi connectivity index (χ1) is 13.3. The summed E-state index contributed by atoms with van der Waals surface area (Å²) in [7, 11) is -3.76. The first-order valence-corrected chi connectivity index (χ1v) is 10.6. The highest BCUT2D eigenvalue weighted by Gasteiger charge is 2.29. The average molecular weight is 409 g/mol. The van der Waals surface area contributed by atoms with Crippen LogP contribution in [0.2, 0.25) is 0 Å². The number of nitrogens with one attached hydrogen (secondary N) is 1. The Morgan fingerprint density at radius 1 is 1.32 bits per heavy atom. The van der Waals surface area contributed by atoms with Gasteiger partial charge in [-0.05, 0) is 31.4 Å². The molecule has 1 atom stereocenters. The number of hydrogen-bond acceptors (Lipinski definition) is 8. The summed E-state index contributed by atoms with van der Waals surface area (Å²) < 4.78 is 32.0. The number of aromatic nitrogens is 2. The molecule has 1 aromatic heterocycles. The van der Waals surface area contributed by atoms with Gasteiger partial charge in [0.15, 0.2) is 5.82 Å². The first kappa shape index (κ1) is 20.2. The second kappa shape index (κ2) is 8.23. The average Bonchev–Trinajstić information content (AvgIpc) is 3.12. The smallest absolute Gasteiger partial charge is 0.293 e. The molecule has 0 radical (unpaired) electrons. The van der Waals surface area contributed by atoms with E-state index < -0.39 is 21.0 Å². The number of aryl methyl sites for hydroxylation is 1. The summed E-state index contributed by atoms with van der Waals surface area (Å²) in [5.74, 6) is 0.784. The summed E-state index contributed by atoms with van der Waals surface area (Å²) in [6.07, 6.45) is 3.14. The Bertz CT molecular complexity index is 953. The molecule has 2 aromatic rings. The highest BCUT2D eigenvalue weighted by atomic mass is 32.2. The number of anilines is 1. The van der Waals surface area contributed by atoms with Gasteiger partial charge in [0.2, 0.25) is 15.9 Å². The number of rotatable bonds is 7. The highest BCUT2D eigenvalue weighted by Crippen LogP contribution is 2.32. The van der Waals surface area contributed by atoms with E-state index in [9.17, 15) is 18.5 Å². The van der Waals surface area contributed by atoms with Crippen molar-refractivity contribution in [1.82, 2.24) is 14.4 Å². The van der Waals surface area contributed by atoms with Crippen molar-refractivity contribution in [2.24, 2.45) is 0 Å². The molecule has 0 amide bonds. The van der Waals surface area contributed by atoms with Crippen LogP contribution in [0, 0.1) is 17.0 Å². The van der Waals surface area contributed by atoms with Crippen molar-refractivity contribution < 1.29 is 17.9 Å². The molecular weight excluding hydrogens is 386 g/mol. The molecule has 0 bridgehead atoms. The SMILES string of the molecule is CCC(Nc1ccc(S(=O)(=O)N2CCCCC2)cc1[N+](=O)[O-])c1noc(C)n1. The largest absolute Gasteiger partial charge is 0.369 e. The van der Waals surface area contributed by atoms with Crippen LogP contribution in [0.3, 0.4) is 0 Å². The van der Waals surface area contributed by atoms with Crippen LogP contribution in [-0.4, -0.2) is 40.9 Å². The van der Waals surface area contributed by atoms with Crippen molar-refractivity contribution in [3.63, 3.8) is 0 Å². The third-order valence-electron chi connectivity index (χ3n) is 4.71. The van der Waals surface area contributed by atoms with Gasteiger partial charge in [-0.15, -0.1) is 0 Å². The summed E-state index contributed by atoms with van der Waals surface area (Å²) in [4.78, 5) is 15.1. The minimum Gasteiger partial charge on any atom is -0.369 e. The van der Waals surface area contributed by atoms with Crippen LogP contribution in [0.5, 0.6) is 0 Å². The zero-order valence-electron chi connectivity index (χ0n) is 15.8. The number of hydrogen-bond donors (Lipinski definition) is 1. The van der Waals surface area contributed by atoms with E-state index in [1.807, 2.05) is 6.92 Å². The summed E-state index contributed by atoms with van der Waals surface area (Å²) in [5, 5.41) is 18.5. The Hall–Kier alpha value is -2.53. The summed E-state index contributed by atoms with van der Waals surface area (Å²) in [6.45, 7) is 4.41. The van der Waals surface area contributed by atoms with Crippen molar-refractivity contribution >= 4 is 21.4 Å². The third kappa shape index (κ3) is 4.14. The molecule has 152 valence electrons. The van der Waals surface area contributed by atoms with Gasteiger partial charge in [-0.25, -0.2) is 8.42 Å². The Balaban J connectivity index is 1.92. The van der Waals surface area contributed by atoms with Crippen molar-refractivity contribution in [3.05, 3.63) is 40.0 Å². The molecule has 1 fully saturated rings. The number of nitro benzene ring substituents is 1. The van der Waals surface area contributed by atoms with Crippen LogP contribution >= 0.6 is 0 Å². The number of sulfonamides is 1. The Morgan fingerprint density at radius 3 is 2.61 bits per heavy atom. The zero-order valence-corrected chi connectivity index (χ0v) is 16.6. The summed E-state index contributed by atoms with van der Waals surface area (Å²) in [6, 6.07) is 3.53. The van der Waals surface area contributed by atoms with Crippen molar-refractivity contribution in [2.45, 2.75) is 50.5 Å². The van der Waals surface area contributed by atoms with Gasteiger partial charge in [0.05, 0.1) is 15.9 Å². The van der Waals surface area contributed by atoms with Gasteiger partial charge < -0.3 is 9.84 Å². The van der Waals surface area contributed by atoms with E-state index in [-0.39, 0.29) is 16.3 Å². The lowest BCUT2D eigenvalue weighted by atomic mass is 10.2. The molecule has 0 spiro atoms. The highest BCUT2D eigenvalue weighted by molar-refractivity contribution is 7.89. The van der Waals surface area contributed by atoms with E-state index >= 15 is 0 Å². The normalized spacial score (nSPS) is 16.6. The van der Waals surface area contributed by atoms with E-state index in [4.69, 9.17) is 4.52 Å². The topological polar surface area (TPSA) is 131 Å². The van der Waals surface area contributed by atoms with E-state index in [0.29, 0.717) is 31.2 Å². The van der Waals surface area contributed by atoms with Gasteiger partial charge in [-0.3, -0.25) is 10.1 Å². The third-order valence-corrected chi connectivity index (χ3v) is 6.61. The fourth-order valence-electron chi connectivity index (χ4n) is 3.19. The van der Waals surface area contributed by atoms with Crippen LogP contribution in [0.1, 0.15) is 50.4 Å². The fourth-order valence-corrected chi connectivity index (χ4v) is 4.73. The fraction of sp³-hybridized carbons (Fsp3) is 0.529. The lowest BCUT2D eigenvalue weighted by molar-refractivity contribution is -0.384. The monoisotopic (exact) mass is 409 g/mol. The summed E-state index contributed by atoms with van der Waals surface area (Å²) >= 11 is 0. The number of benzene rings is 1. The lowest BCUT2D eigenvalue weighted by Crippen LogP contribution is -2.35. The quantitative estimate of drug-likeness (QED) is 0.545. The van der Waals surface area contributed by atoms with Crippen molar-refractivity contribution in [1.29, 1.82) is 0 Å². The van der Waals surface area contributed by atoms with Gasteiger partial charge in [0, 0.05) is 26.1 Å². The molecule has 1 aliphatic rings. The Labute approximate surface area is 163 Å². The zero-order chi connectivity index (χ0) is 20.3. The summed E-state index contributed by atoms with van der Waals surface area (Å²) in [5.41, 5.74) is -0.103. The lowest BCUT2D eigenvalue weighted by Gasteiger charge is -2.26. The molecule has 28 heavy (non-hydrogen) atoms. The molecule has 1 aliphatic heterocycles. The van der Waals surface area contributed by atoms with Gasteiger partial charge >= 0.3 is 0 Å². The van der Waals surface area contributed by atoms with E-state index in [1.54, 1.807) is 6.92 Å². The first-order valence-electron chi connectivity index (χ1n) is 9.18. The standard InChI is InChI=1S/C17H23N5O5S/c1-3-14(17-18-12(2)27-20-17)19-15-8-7-13(11-16(15)22(23)24)28(25,26)21-9-5-4-6-10-21/h7-8,11,14,19H,3-6,9-10H2,1-2H3. The van der Waals surface area contributed by atoms with Crippen molar-refractivity contribution in [3.8, 4) is 0 Å². The minimum absolute atomic E-state index is 0.0740. The second-order valence-electron chi connectivity index (χ2n) is 6.68. The van der Waals surface area contributed by atoms with Crippen LogP contribution in [-0.2, 0) is 10.0 Å². The van der Waals surface area contributed by atoms with E-state index in [0.717, 1.165) is 25.3 Å². The molecule has 1 unspecified atom stereocenters. The van der Waals surface area contributed by atoms with Crippen LogP contribution in [0.15, 0.2) is 27.6 Å². The van der Waals surface area contributed by atoms with Crippen LogP contribution < -0.4 is 5.32 Å². The Kier molecular flexibility index (Phi) is 5.94. The maximum absolute atomic E-state index is 12.8. The van der Waals surface area contributed by atoms with Gasteiger partial charge in [-0.1, -0.05) is 18.5 Å². The number of nitrogens with zero attached hydrogens (tertiary/aromatic N) is 4. The predicted octanol–water partition coefficient (Wildman–Crippen LogP) is 3.02. The molecule has 1 saturated heterocycles. The molecule has 0 aliphatic carbocycles. The molecule has 0 saturated carbocycles. The second-order valence-corrected chi connectivity index (χ2v) is 8.62. The van der Waals surface area contributed by atoms with Gasteiger partial charge in [-0.2, -0.15) is 9.29 Å². The molecule has 2 heterocycles. The molecule has 1 N–H and O–H groups in total. The molecule has 1 aromatic carbocycles. The predicted molar refractivity (Wildman–Crippen MR) is 101 cm³/mol. The maximum Gasteiger partial charge on any atom is 0.293 e. The molecular formula is C17H23N5O5S.